The maximum Gasteiger partial charge on any atom is 0.251 e. The summed E-state index contributed by atoms with van der Waals surface area (Å²) in [6.45, 7) is 1.68. The lowest BCUT2D eigenvalue weighted by Crippen LogP contribution is -2.35. The molecule has 0 spiro atoms. The Labute approximate surface area is 103 Å². The number of halogens is 1. The van der Waals surface area contributed by atoms with Gasteiger partial charge in [0.1, 0.15) is 11.0 Å². The van der Waals surface area contributed by atoms with Crippen LogP contribution in [0.2, 0.25) is 5.15 Å². The first-order valence-electron chi connectivity index (χ1n) is 4.90. The normalized spacial score (nSPS) is 11.9. The minimum Gasteiger partial charge on any atom is -0.384 e. The molecule has 1 aromatic heterocycles. The van der Waals surface area contributed by atoms with Gasteiger partial charge >= 0.3 is 0 Å². The zero-order valence-electron chi connectivity index (χ0n) is 9.24. The molecule has 0 saturated heterocycles. The molecule has 2 amide bonds. The molecule has 1 unspecified atom stereocenters. The van der Waals surface area contributed by atoms with E-state index in [0.29, 0.717) is 5.56 Å². The molecule has 0 aliphatic heterocycles. The van der Waals surface area contributed by atoms with Crippen molar-refractivity contribution in [2.75, 3.05) is 5.73 Å². The molecule has 17 heavy (non-hydrogen) atoms. The number of primary amides is 1. The number of carbonyl (C=O) groups excluding carboxylic acids is 2. The van der Waals surface area contributed by atoms with Crippen molar-refractivity contribution in [1.29, 1.82) is 0 Å². The average Bonchev–Trinajstić information content (AvgIpc) is 2.14. The van der Waals surface area contributed by atoms with Gasteiger partial charge in [-0.2, -0.15) is 0 Å². The summed E-state index contributed by atoms with van der Waals surface area (Å²) in [5, 5.41) is 2.74. The number of nitrogen functional groups attached to an aromatic ring is 1. The minimum absolute atomic E-state index is 0.0695. The van der Waals surface area contributed by atoms with Crippen molar-refractivity contribution in [2.45, 2.75) is 19.4 Å². The fraction of sp³-hybridized carbons (Fsp3) is 0.300. The van der Waals surface area contributed by atoms with Crippen LogP contribution in [0.25, 0.3) is 0 Å². The number of hydrogen-bond acceptors (Lipinski definition) is 4. The van der Waals surface area contributed by atoms with Gasteiger partial charge in [-0.25, -0.2) is 4.98 Å². The van der Waals surface area contributed by atoms with Crippen molar-refractivity contribution in [3.05, 3.63) is 22.8 Å². The van der Waals surface area contributed by atoms with E-state index in [-0.39, 0.29) is 29.3 Å². The van der Waals surface area contributed by atoms with Crippen LogP contribution < -0.4 is 16.8 Å². The topological polar surface area (TPSA) is 111 Å². The number of anilines is 1. The number of aromatic nitrogens is 1. The van der Waals surface area contributed by atoms with Gasteiger partial charge < -0.3 is 16.8 Å². The number of nitrogens with one attached hydrogen (secondary N) is 1. The Kier molecular flexibility index (Phi) is 4.28. The summed E-state index contributed by atoms with van der Waals surface area (Å²) in [5.74, 6) is -0.704. The van der Waals surface area contributed by atoms with Crippen LogP contribution in [-0.4, -0.2) is 22.8 Å². The molecule has 0 saturated carbocycles. The number of nitrogens with two attached hydrogens (primary N) is 2. The SMILES string of the molecule is CC(CC(N)=O)NC(=O)c1cc(N)nc(Cl)c1. The predicted octanol–water partition coefficient (Wildman–Crippen LogP) is 0.311. The van der Waals surface area contributed by atoms with E-state index < -0.39 is 5.91 Å². The fourth-order valence-electron chi connectivity index (χ4n) is 1.31. The molecule has 6 nitrogen and oxygen atoms in total. The molecule has 1 atom stereocenters. The summed E-state index contributed by atoms with van der Waals surface area (Å²) in [6.07, 6.45) is 0.0695. The predicted molar refractivity (Wildman–Crippen MR) is 64.4 cm³/mol. The Bertz CT molecular complexity index is 430. The van der Waals surface area contributed by atoms with Crippen LogP contribution in [0, 0.1) is 0 Å². The number of pyridine rings is 1. The van der Waals surface area contributed by atoms with Gasteiger partial charge in [0, 0.05) is 18.0 Å². The van der Waals surface area contributed by atoms with Gasteiger partial charge in [0.15, 0.2) is 0 Å². The number of rotatable bonds is 4. The minimum atomic E-state index is -0.481. The highest BCUT2D eigenvalue weighted by Gasteiger charge is 2.13. The Morgan fingerprint density at radius 1 is 1.53 bits per heavy atom. The zero-order chi connectivity index (χ0) is 13.0. The largest absolute Gasteiger partial charge is 0.384 e. The average molecular weight is 257 g/mol. The highest BCUT2D eigenvalue weighted by molar-refractivity contribution is 6.29. The van der Waals surface area contributed by atoms with Crippen LogP contribution in [0.4, 0.5) is 5.82 Å². The molecule has 0 radical (unpaired) electrons. The standard InChI is InChI=1S/C10H13ClN4O2/c1-5(2-9(13)16)14-10(17)6-3-7(11)15-8(12)4-6/h3-5H,2H2,1H3,(H2,12,15)(H2,13,16)(H,14,17). The molecular formula is C10H13ClN4O2. The molecule has 0 aliphatic carbocycles. The van der Waals surface area contributed by atoms with Gasteiger partial charge in [0.05, 0.1) is 0 Å². The molecule has 1 rings (SSSR count). The van der Waals surface area contributed by atoms with E-state index in [1.807, 2.05) is 0 Å². The summed E-state index contributed by atoms with van der Waals surface area (Å²) in [5.41, 5.74) is 10.8. The highest BCUT2D eigenvalue weighted by Crippen LogP contribution is 2.12. The van der Waals surface area contributed by atoms with E-state index in [4.69, 9.17) is 23.1 Å². The summed E-state index contributed by atoms with van der Waals surface area (Å²) in [4.78, 5) is 26.1. The second-order valence-electron chi connectivity index (χ2n) is 3.65. The summed E-state index contributed by atoms with van der Waals surface area (Å²) in [7, 11) is 0. The van der Waals surface area contributed by atoms with Gasteiger partial charge in [-0.05, 0) is 19.1 Å². The first-order chi connectivity index (χ1) is 7.88. The lowest BCUT2D eigenvalue weighted by molar-refractivity contribution is -0.118. The van der Waals surface area contributed by atoms with Crippen molar-refractivity contribution in [1.82, 2.24) is 10.3 Å². The van der Waals surface area contributed by atoms with Crippen LogP contribution in [0.5, 0.6) is 0 Å². The number of amides is 2. The molecular weight excluding hydrogens is 244 g/mol. The Morgan fingerprint density at radius 3 is 2.71 bits per heavy atom. The molecule has 0 bridgehead atoms. The molecule has 0 aliphatic rings. The van der Waals surface area contributed by atoms with Crippen molar-refractivity contribution in [3.8, 4) is 0 Å². The summed E-state index contributed by atoms with van der Waals surface area (Å²) in [6, 6.07) is 2.44. The molecule has 92 valence electrons. The second kappa shape index (κ2) is 5.49. The van der Waals surface area contributed by atoms with Crippen LogP contribution >= 0.6 is 11.6 Å². The summed E-state index contributed by atoms with van der Waals surface area (Å²) < 4.78 is 0. The van der Waals surface area contributed by atoms with Crippen molar-refractivity contribution >= 4 is 29.2 Å². The first kappa shape index (κ1) is 13.2. The molecule has 7 heteroatoms. The highest BCUT2D eigenvalue weighted by atomic mass is 35.5. The molecule has 0 aromatic carbocycles. The van der Waals surface area contributed by atoms with Crippen LogP contribution in [-0.2, 0) is 4.79 Å². The van der Waals surface area contributed by atoms with Crippen molar-refractivity contribution in [2.24, 2.45) is 5.73 Å². The zero-order valence-corrected chi connectivity index (χ0v) is 9.99. The van der Waals surface area contributed by atoms with Crippen molar-refractivity contribution in [3.63, 3.8) is 0 Å². The number of carbonyl (C=O) groups is 2. The third-order valence-corrected chi connectivity index (χ3v) is 2.15. The monoisotopic (exact) mass is 256 g/mol. The van der Waals surface area contributed by atoms with Gasteiger partial charge in [0.25, 0.3) is 5.91 Å². The van der Waals surface area contributed by atoms with E-state index in [1.54, 1.807) is 6.92 Å². The Hall–Kier alpha value is -1.82. The Balaban J connectivity index is 2.72. The quantitative estimate of drug-likeness (QED) is 0.673. The van der Waals surface area contributed by atoms with E-state index in [2.05, 4.69) is 10.3 Å². The second-order valence-corrected chi connectivity index (χ2v) is 4.04. The van der Waals surface area contributed by atoms with Crippen LogP contribution in [0.3, 0.4) is 0 Å². The number of hydrogen-bond donors (Lipinski definition) is 3. The molecule has 0 fully saturated rings. The summed E-state index contributed by atoms with van der Waals surface area (Å²) >= 11 is 5.67. The molecule has 1 heterocycles. The van der Waals surface area contributed by atoms with E-state index in [0.717, 1.165) is 0 Å². The molecule has 1 aromatic rings. The van der Waals surface area contributed by atoms with Crippen molar-refractivity contribution < 1.29 is 9.59 Å². The van der Waals surface area contributed by atoms with E-state index in [1.165, 1.54) is 12.1 Å². The smallest absolute Gasteiger partial charge is 0.251 e. The lowest BCUT2D eigenvalue weighted by Gasteiger charge is -2.12. The van der Waals surface area contributed by atoms with E-state index in [9.17, 15) is 9.59 Å². The maximum atomic E-state index is 11.7. The van der Waals surface area contributed by atoms with Gasteiger partial charge in [0.2, 0.25) is 5.91 Å². The first-order valence-corrected chi connectivity index (χ1v) is 5.28. The van der Waals surface area contributed by atoms with Gasteiger partial charge in [-0.1, -0.05) is 11.6 Å². The number of nitrogens with zero attached hydrogens (tertiary/aromatic N) is 1. The van der Waals surface area contributed by atoms with E-state index >= 15 is 0 Å². The fourth-order valence-corrected chi connectivity index (χ4v) is 1.52. The third kappa shape index (κ3) is 4.28. The molecule has 5 N–H and O–H groups in total. The van der Waals surface area contributed by atoms with Crippen LogP contribution in [0.1, 0.15) is 23.7 Å². The van der Waals surface area contributed by atoms with Crippen LogP contribution in [0.15, 0.2) is 12.1 Å². The maximum absolute atomic E-state index is 11.7. The lowest BCUT2D eigenvalue weighted by atomic mass is 10.2. The Morgan fingerprint density at radius 2 is 2.18 bits per heavy atom. The van der Waals surface area contributed by atoms with Gasteiger partial charge in [-0.15, -0.1) is 0 Å². The third-order valence-electron chi connectivity index (χ3n) is 1.96. The van der Waals surface area contributed by atoms with Gasteiger partial charge in [-0.3, -0.25) is 9.59 Å².